The third kappa shape index (κ3) is 3.61. The quantitative estimate of drug-likeness (QED) is 0.657. The molecule has 1 aromatic heterocycles. The van der Waals surface area contributed by atoms with E-state index < -0.39 is 0 Å². The first-order chi connectivity index (χ1) is 9.13. The van der Waals surface area contributed by atoms with E-state index in [1.165, 1.54) is 0 Å². The summed E-state index contributed by atoms with van der Waals surface area (Å²) in [4.78, 5) is 4.11. The lowest BCUT2D eigenvalue weighted by Crippen LogP contribution is -1.91. The van der Waals surface area contributed by atoms with Gasteiger partial charge in [-0.15, -0.1) is 11.6 Å². The van der Waals surface area contributed by atoms with E-state index >= 15 is 0 Å². The number of ether oxygens (including phenoxy) is 2. The summed E-state index contributed by atoms with van der Waals surface area (Å²) in [6.45, 7) is 0. The van der Waals surface area contributed by atoms with Gasteiger partial charge in [0.2, 0.25) is 0 Å². The maximum Gasteiger partial charge on any atom is 0.143 e. The van der Waals surface area contributed by atoms with E-state index in [1.807, 2.05) is 12.1 Å². The van der Waals surface area contributed by atoms with Crippen LogP contribution < -0.4 is 9.47 Å². The van der Waals surface area contributed by atoms with Crippen molar-refractivity contribution in [3.8, 4) is 17.2 Å². The zero-order valence-corrected chi connectivity index (χ0v) is 13.9. The zero-order valence-electron chi connectivity index (χ0n) is 9.99. The number of aromatic nitrogens is 1. The van der Waals surface area contributed by atoms with Crippen LogP contribution in [0.4, 0.5) is 0 Å². The summed E-state index contributed by atoms with van der Waals surface area (Å²) < 4.78 is 12.6. The van der Waals surface area contributed by atoms with Crippen LogP contribution in [-0.4, -0.2) is 12.1 Å². The van der Waals surface area contributed by atoms with Gasteiger partial charge in [0.25, 0.3) is 0 Å². The number of pyridine rings is 1. The van der Waals surface area contributed by atoms with E-state index in [9.17, 15) is 0 Å². The summed E-state index contributed by atoms with van der Waals surface area (Å²) in [5, 5.41) is 0. The smallest absolute Gasteiger partial charge is 0.143 e. The predicted molar refractivity (Wildman–Crippen MR) is 82.3 cm³/mol. The molecule has 0 unspecified atom stereocenters. The molecule has 0 aliphatic heterocycles. The molecule has 0 fully saturated rings. The molecular weight excluding hydrogens is 397 g/mol. The van der Waals surface area contributed by atoms with Crippen LogP contribution in [0.5, 0.6) is 17.2 Å². The van der Waals surface area contributed by atoms with Crippen molar-refractivity contribution >= 4 is 43.5 Å². The highest BCUT2D eigenvalue weighted by Gasteiger charge is 2.09. The highest BCUT2D eigenvalue weighted by atomic mass is 79.9. The predicted octanol–water partition coefficient (Wildman–Crippen LogP) is 5.15. The van der Waals surface area contributed by atoms with Crippen molar-refractivity contribution < 1.29 is 9.47 Å². The highest BCUT2D eigenvalue weighted by molar-refractivity contribution is 9.11. The number of methoxy groups -OCH3 is 1. The highest BCUT2D eigenvalue weighted by Crippen LogP contribution is 2.38. The van der Waals surface area contributed by atoms with Gasteiger partial charge >= 0.3 is 0 Å². The zero-order chi connectivity index (χ0) is 13.8. The van der Waals surface area contributed by atoms with Gasteiger partial charge < -0.3 is 9.47 Å². The van der Waals surface area contributed by atoms with E-state index in [0.29, 0.717) is 17.4 Å². The minimum Gasteiger partial charge on any atom is -0.496 e. The third-order valence-corrected chi connectivity index (χ3v) is 3.87. The Labute approximate surface area is 133 Å². The number of rotatable bonds is 4. The molecule has 2 rings (SSSR count). The number of nitrogens with zero attached hydrogens (tertiary/aromatic N) is 1. The molecule has 1 heterocycles. The van der Waals surface area contributed by atoms with Crippen molar-refractivity contribution in [2.45, 2.75) is 5.88 Å². The fourth-order valence-electron chi connectivity index (χ4n) is 1.46. The monoisotopic (exact) mass is 405 g/mol. The SMILES string of the molecule is COc1cc(Br)c(Oc2ccnc(CCl)c2)cc1Br. The van der Waals surface area contributed by atoms with Crippen LogP contribution in [-0.2, 0) is 5.88 Å². The maximum absolute atomic E-state index is 5.80. The Morgan fingerprint density at radius 2 is 1.84 bits per heavy atom. The lowest BCUT2D eigenvalue weighted by molar-refractivity contribution is 0.409. The minimum absolute atomic E-state index is 0.352. The first kappa shape index (κ1) is 14.6. The fraction of sp³-hybridized carbons (Fsp3) is 0.154. The van der Waals surface area contributed by atoms with Crippen molar-refractivity contribution in [3.63, 3.8) is 0 Å². The van der Waals surface area contributed by atoms with Gasteiger partial charge in [-0.3, -0.25) is 4.98 Å². The Hall–Kier alpha value is -0.780. The summed E-state index contributed by atoms with van der Waals surface area (Å²) in [7, 11) is 1.61. The van der Waals surface area contributed by atoms with E-state index in [1.54, 1.807) is 25.4 Å². The summed E-state index contributed by atoms with van der Waals surface area (Å²) in [6, 6.07) is 7.25. The molecule has 100 valence electrons. The van der Waals surface area contributed by atoms with Crippen molar-refractivity contribution in [1.82, 2.24) is 4.98 Å². The van der Waals surface area contributed by atoms with Crippen LogP contribution in [0.1, 0.15) is 5.69 Å². The average molecular weight is 407 g/mol. The average Bonchev–Trinajstić information content (AvgIpc) is 2.42. The fourth-order valence-corrected chi connectivity index (χ4v) is 2.50. The molecule has 0 N–H and O–H groups in total. The van der Waals surface area contributed by atoms with Crippen LogP contribution in [0.15, 0.2) is 39.4 Å². The molecule has 19 heavy (non-hydrogen) atoms. The number of hydrogen-bond acceptors (Lipinski definition) is 3. The third-order valence-electron chi connectivity index (χ3n) is 2.36. The maximum atomic E-state index is 5.80. The number of halogens is 3. The molecule has 2 aromatic rings. The molecule has 0 aliphatic rings. The molecule has 3 nitrogen and oxygen atoms in total. The number of hydrogen-bond donors (Lipinski definition) is 0. The Balaban J connectivity index is 2.30. The molecule has 0 spiro atoms. The van der Waals surface area contributed by atoms with Crippen LogP contribution >= 0.6 is 43.5 Å². The van der Waals surface area contributed by atoms with Gasteiger partial charge in [-0.05, 0) is 50.1 Å². The summed E-state index contributed by atoms with van der Waals surface area (Å²) in [5.74, 6) is 2.45. The first-order valence-electron chi connectivity index (χ1n) is 5.36. The lowest BCUT2D eigenvalue weighted by Gasteiger charge is -2.11. The topological polar surface area (TPSA) is 31.4 Å². The second kappa shape index (κ2) is 6.59. The standard InChI is InChI=1S/C13H10Br2ClNO2/c1-18-12-5-11(15)13(6-10(12)14)19-9-2-3-17-8(4-9)7-16/h2-6H,7H2,1H3. The summed E-state index contributed by atoms with van der Waals surface area (Å²) >= 11 is 12.6. The van der Waals surface area contributed by atoms with E-state index in [0.717, 1.165) is 20.4 Å². The molecule has 0 saturated heterocycles. The largest absolute Gasteiger partial charge is 0.496 e. The summed E-state index contributed by atoms with van der Waals surface area (Å²) in [5.41, 5.74) is 0.767. The van der Waals surface area contributed by atoms with Crippen molar-refractivity contribution in [3.05, 3.63) is 45.1 Å². The van der Waals surface area contributed by atoms with Crippen molar-refractivity contribution in [1.29, 1.82) is 0 Å². The Morgan fingerprint density at radius 3 is 2.53 bits per heavy atom. The Bertz CT molecular complexity index is 593. The molecular formula is C13H10Br2ClNO2. The molecule has 1 aromatic carbocycles. The Morgan fingerprint density at radius 1 is 1.16 bits per heavy atom. The second-order valence-electron chi connectivity index (χ2n) is 3.64. The van der Waals surface area contributed by atoms with Gasteiger partial charge in [0.05, 0.1) is 27.6 Å². The van der Waals surface area contributed by atoms with Gasteiger partial charge in [-0.1, -0.05) is 0 Å². The molecule has 0 saturated carbocycles. The minimum atomic E-state index is 0.352. The number of alkyl halides is 1. The van der Waals surface area contributed by atoms with Crippen LogP contribution in [0, 0.1) is 0 Å². The Kier molecular flexibility index (Phi) is 5.07. The van der Waals surface area contributed by atoms with Gasteiger partial charge in [0.1, 0.15) is 17.2 Å². The number of benzene rings is 1. The molecule has 0 amide bonds. The summed E-state index contributed by atoms with van der Waals surface area (Å²) in [6.07, 6.45) is 1.67. The van der Waals surface area contributed by atoms with Crippen molar-refractivity contribution in [2.24, 2.45) is 0 Å². The van der Waals surface area contributed by atoms with Crippen molar-refractivity contribution in [2.75, 3.05) is 7.11 Å². The van der Waals surface area contributed by atoms with E-state index in [2.05, 4.69) is 36.8 Å². The van der Waals surface area contributed by atoms with Gasteiger partial charge in [0, 0.05) is 12.3 Å². The van der Waals surface area contributed by atoms with Crippen LogP contribution in [0.2, 0.25) is 0 Å². The van der Waals surface area contributed by atoms with E-state index in [4.69, 9.17) is 21.1 Å². The first-order valence-corrected chi connectivity index (χ1v) is 7.48. The molecule has 0 radical (unpaired) electrons. The van der Waals surface area contributed by atoms with Gasteiger partial charge in [-0.25, -0.2) is 0 Å². The normalized spacial score (nSPS) is 10.3. The van der Waals surface area contributed by atoms with Gasteiger partial charge in [0.15, 0.2) is 0 Å². The van der Waals surface area contributed by atoms with Crippen LogP contribution in [0.25, 0.3) is 0 Å². The lowest BCUT2D eigenvalue weighted by atomic mass is 10.3. The van der Waals surface area contributed by atoms with E-state index in [-0.39, 0.29) is 0 Å². The second-order valence-corrected chi connectivity index (χ2v) is 5.61. The molecule has 0 bridgehead atoms. The molecule has 0 atom stereocenters. The van der Waals surface area contributed by atoms with Crippen LogP contribution in [0.3, 0.4) is 0 Å². The molecule has 0 aliphatic carbocycles. The van der Waals surface area contributed by atoms with Gasteiger partial charge in [-0.2, -0.15) is 0 Å². The molecule has 6 heteroatoms.